The van der Waals surface area contributed by atoms with Gasteiger partial charge in [0.05, 0.1) is 12.0 Å². The van der Waals surface area contributed by atoms with Gasteiger partial charge in [-0.2, -0.15) is 0 Å². The predicted octanol–water partition coefficient (Wildman–Crippen LogP) is 3.75. The number of likely N-dealkylation sites (tertiary alicyclic amines) is 1. The van der Waals surface area contributed by atoms with Crippen LogP contribution in [0.2, 0.25) is 0 Å². The Bertz CT molecular complexity index is 874. The Hall–Kier alpha value is -2.46. The Balaban J connectivity index is 1.88. The molecule has 1 amide bonds. The molecule has 4 nitrogen and oxygen atoms in total. The van der Waals surface area contributed by atoms with Gasteiger partial charge in [0.15, 0.2) is 5.78 Å². The Morgan fingerprint density at radius 2 is 1.92 bits per heavy atom. The molecule has 0 bridgehead atoms. The molecule has 2 aromatic carbocycles. The zero-order valence-electron chi connectivity index (χ0n) is 15.3. The van der Waals surface area contributed by atoms with Crippen molar-refractivity contribution in [3.63, 3.8) is 0 Å². The van der Waals surface area contributed by atoms with Crippen molar-refractivity contribution < 1.29 is 9.59 Å². The number of carbonyl (C=O) groups excluding carboxylic acids is 2. The first-order chi connectivity index (χ1) is 12.6. The van der Waals surface area contributed by atoms with E-state index in [2.05, 4.69) is 10.2 Å². The molecule has 0 radical (unpaired) electrons. The molecule has 134 valence electrons. The molecule has 2 aliphatic rings. The lowest BCUT2D eigenvalue weighted by Gasteiger charge is -2.34. The van der Waals surface area contributed by atoms with Crippen molar-refractivity contribution in [2.45, 2.75) is 38.1 Å². The first-order valence-electron chi connectivity index (χ1n) is 9.31. The van der Waals surface area contributed by atoms with Crippen LogP contribution in [0.1, 0.15) is 52.2 Å². The summed E-state index contributed by atoms with van der Waals surface area (Å²) in [5.41, 5.74) is 4.13. The standard InChI is InChI=1S/C22H24N2O2/c1-14-10-11-17-18(13-14)23-22(26)16-8-4-3-7-15(16)20(17)21(25)19-9-5-6-12-24(19)2/h3-4,7-8,10-11,13,19-20H,5-6,9,12H2,1-2H3,(H,23,26). The zero-order chi connectivity index (χ0) is 18.3. The summed E-state index contributed by atoms with van der Waals surface area (Å²) in [5, 5.41) is 3.01. The van der Waals surface area contributed by atoms with Crippen LogP contribution in [0.4, 0.5) is 5.69 Å². The van der Waals surface area contributed by atoms with E-state index < -0.39 is 5.92 Å². The van der Waals surface area contributed by atoms with Gasteiger partial charge in [-0.15, -0.1) is 0 Å². The highest BCUT2D eigenvalue weighted by Crippen LogP contribution is 2.39. The first-order valence-corrected chi connectivity index (χ1v) is 9.31. The number of ketones is 1. The van der Waals surface area contributed by atoms with Gasteiger partial charge in [0, 0.05) is 11.3 Å². The quantitative estimate of drug-likeness (QED) is 0.899. The van der Waals surface area contributed by atoms with Crippen molar-refractivity contribution in [1.82, 2.24) is 4.90 Å². The minimum atomic E-state index is -0.411. The Morgan fingerprint density at radius 1 is 1.12 bits per heavy atom. The molecular weight excluding hydrogens is 324 g/mol. The molecular formula is C22H24N2O2. The number of piperidine rings is 1. The number of carbonyl (C=O) groups is 2. The van der Waals surface area contributed by atoms with Crippen molar-refractivity contribution in [3.8, 4) is 0 Å². The summed E-state index contributed by atoms with van der Waals surface area (Å²) in [6.07, 6.45) is 3.10. The highest BCUT2D eigenvalue weighted by atomic mass is 16.2. The van der Waals surface area contributed by atoms with E-state index in [1.165, 1.54) is 0 Å². The van der Waals surface area contributed by atoms with Gasteiger partial charge in [0.2, 0.25) is 0 Å². The van der Waals surface area contributed by atoms with Crippen LogP contribution in [0.5, 0.6) is 0 Å². The molecule has 1 saturated heterocycles. The number of benzene rings is 2. The molecule has 4 rings (SSSR count). The fourth-order valence-electron chi connectivity index (χ4n) is 4.28. The second kappa shape index (κ2) is 6.69. The third-order valence-electron chi connectivity index (χ3n) is 5.67. The van der Waals surface area contributed by atoms with Crippen molar-refractivity contribution in [2.75, 3.05) is 18.9 Å². The van der Waals surface area contributed by atoms with E-state index in [0.717, 1.165) is 48.2 Å². The van der Waals surface area contributed by atoms with E-state index in [1.807, 2.05) is 56.4 Å². The zero-order valence-corrected chi connectivity index (χ0v) is 15.3. The smallest absolute Gasteiger partial charge is 0.255 e. The van der Waals surface area contributed by atoms with Crippen LogP contribution in [0, 0.1) is 6.92 Å². The number of likely N-dealkylation sites (N-methyl/N-ethyl adjacent to an activating group) is 1. The number of nitrogens with zero attached hydrogens (tertiary/aromatic N) is 1. The van der Waals surface area contributed by atoms with Gasteiger partial charge >= 0.3 is 0 Å². The number of nitrogens with one attached hydrogen (secondary N) is 1. The number of fused-ring (bicyclic) bond motifs is 2. The van der Waals surface area contributed by atoms with Crippen molar-refractivity contribution >= 4 is 17.4 Å². The van der Waals surface area contributed by atoms with Gasteiger partial charge in [-0.1, -0.05) is 36.8 Å². The van der Waals surface area contributed by atoms with Crippen molar-refractivity contribution in [2.24, 2.45) is 0 Å². The maximum Gasteiger partial charge on any atom is 0.255 e. The fraction of sp³-hybridized carbons (Fsp3) is 0.364. The summed E-state index contributed by atoms with van der Waals surface area (Å²) in [4.78, 5) is 28.6. The molecule has 0 aromatic heterocycles. The maximum atomic E-state index is 13.7. The molecule has 2 atom stereocenters. The van der Waals surface area contributed by atoms with Gasteiger partial charge in [0.25, 0.3) is 5.91 Å². The molecule has 2 unspecified atom stereocenters. The number of amides is 1. The summed E-state index contributed by atoms with van der Waals surface area (Å²) in [6.45, 7) is 2.94. The fourth-order valence-corrected chi connectivity index (χ4v) is 4.28. The minimum Gasteiger partial charge on any atom is -0.322 e. The highest BCUT2D eigenvalue weighted by molar-refractivity contribution is 6.10. The SMILES string of the molecule is Cc1ccc2c(c1)NC(=O)c1ccccc1C2C(=O)C1CCCCN1C. The highest BCUT2D eigenvalue weighted by Gasteiger charge is 2.37. The third kappa shape index (κ3) is 2.84. The molecule has 1 N–H and O–H groups in total. The lowest BCUT2D eigenvalue weighted by molar-refractivity contribution is -0.125. The monoisotopic (exact) mass is 348 g/mol. The van der Waals surface area contributed by atoms with Crippen molar-refractivity contribution in [1.29, 1.82) is 0 Å². The van der Waals surface area contributed by atoms with Crippen LogP contribution in [-0.4, -0.2) is 36.2 Å². The van der Waals surface area contributed by atoms with Crippen LogP contribution in [0.15, 0.2) is 42.5 Å². The lowest BCUT2D eigenvalue weighted by atomic mass is 9.80. The summed E-state index contributed by atoms with van der Waals surface area (Å²) in [7, 11) is 2.03. The number of hydrogen-bond acceptors (Lipinski definition) is 3. The Morgan fingerprint density at radius 3 is 2.73 bits per heavy atom. The normalized spacial score (nSPS) is 22.8. The first kappa shape index (κ1) is 17.0. The molecule has 0 spiro atoms. The van der Waals surface area contributed by atoms with Crippen LogP contribution in [-0.2, 0) is 4.79 Å². The van der Waals surface area contributed by atoms with Gasteiger partial charge in [0.1, 0.15) is 0 Å². The predicted molar refractivity (Wildman–Crippen MR) is 103 cm³/mol. The van der Waals surface area contributed by atoms with E-state index in [1.54, 1.807) is 0 Å². The molecule has 0 aliphatic carbocycles. The summed E-state index contributed by atoms with van der Waals surface area (Å²) >= 11 is 0. The van der Waals surface area contributed by atoms with Gasteiger partial charge in [-0.25, -0.2) is 0 Å². The van der Waals surface area contributed by atoms with E-state index >= 15 is 0 Å². The molecule has 26 heavy (non-hydrogen) atoms. The Kier molecular flexibility index (Phi) is 4.37. The van der Waals surface area contributed by atoms with E-state index in [4.69, 9.17) is 0 Å². The van der Waals surface area contributed by atoms with Crippen LogP contribution in [0.25, 0.3) is 0 Å². The van der Waals surface area contributed by atoms with E-state index in [-0.39, 0.29) is 17.7 Å². The summed E-state index contributed by atoms with van der Waals surface area (Å²) in [5.74, 6) is -0.354. The van der Waals surface area contributed by atoms with Crippen LogP contribution in [0.3, 0.4) is 0 Å². The molecule has 1 fully saturated rings. The van der Waals surface area contributed by atoms with E-state index in [0.29, 0.717) is 5.56 Å². The minimum absolute atomic E-state index is 0.0934. The molecule has 0 saturated carbocycles. The second-order valence-corrected chi connectivity index (χ2v) is 7.46. The van der Waals surface area contributed by atoms with Gasteiger partial charge in [-0.3, -0.25) is 14.5 Å². The molecule has 2 heterocycles. The van der Waals surface area contributed by atoms with E-state index in [9.17, 15) is 9.59 Å². The third-order valence-corrected chi connectivity index (χ3v) is 5.67. The largest absolute Gasteiger partial charge is 0.322 e. The number of aryl methyl sites for hydroxylation is 1. The van der Waals surface area contributed by atoms with Crippen LogP contribution >= 0.6 is 0 Å². The second-order valence-electron chi connectivity index (χ2n) is 7.46. The molecule has 4 heteroatoms. The number of Topliss-reactive ketones (excluding diaryl/α,β-unsaturated/α-hetero) is 1. The number of hydrogen-bond donors (Lipinski definition) is 1. The number of anilines is 1. The Labute approximate surface area is 154 Å². The average molecular weight is 348 g/mol. The topological polar surface area (TPSA) is 49.4 Å². The molecule has 2 aliphatic heterocycles. The van der Waals surface area contributed by atoms with Crippen molar-refractivity contribution in [3.05, 3.63) is 64.7 Å². The van der Waals surface area contributed by atoms with Gasteiger partial charge in [-0.05, 0) is 62.2 Å². The number of rotatable bonds is 2. The average Bonchev–Trinajstić information content (AvgIpc) is 2.75. The van der Waals surface area contributed by atoms with Gasteiger partial charge < -0.3 is 5.32 Å². The maximum absolute atomic E-state index is 13.7. The summed E-state index contributed by atoms with van der Waals surface area (Å²) in [6, 6.07) is 13.4. The lowest BCUT2D eigenvalue weighted by Crippen LogP contribution is -2.44. The summed E-state index contributed by atoms with van der Waals surface area (Å²) < 4.78 is 0. The molecule has 2 aromatic rings. The van der Waals surface area contributed by atoms with Crippen LogP contribution < -0.4 is 5.32 Å².